The van der Waals surface area contributed by atoms with Crippen molar-refractivity contribution in [2.45, 2.75) is 12.5 Å². The van der Waals surface area contributed by atoms with E-state index in [9.17, 15) is 10.2 Å². The molecule has 0 aliphatic heterocycles. The summed E-state index contributed by atoms with van der Waals surface area (Å²) in [5.74, 6) is -0.0489. The van der Waals surface area contributed by atoms with Gasteiger partial charge in [0, 0.05) is 10.6 Å². The molecule has 1 unspecified atom stereocenters. The van der Waals surface area contributed by atoms with Gasteiger partial charge in [-0.3, -0.25) is 0 Å². The van der Waals surface area contributed by atoms with Crippen LogP contribution < -0.4 is 0 Å². The van der Waals surface area contributed by atoms with Gasteiger partial charge in [-0.1, -0.05) is 11.6 Å². The van der Waals surface area contributed by atoms with Crippen molar-refractivity contribution in [3.05, 3.63) is 28.8 Å². The zero-order chi connectivity index (χ0) is 9.84. The summed E-state index contributed by atoms with van der Waals surface area (Å²) < 4.78 is 0. The number of hydrogen-bond donors (Lipinski definition) is 2. The van der Waals surface area contributed by atoms with Gasteiger partial charge in [-0.25, -0.2) is 0 Å². The molecule has 0 heterocycles. The molecular weight excluding hydrogens is 190 g/mol. The molecule has 68 valence electrons. The number of phenols is 1. The van der Waals surface area contributed by atoms with Crippen molar-refractivity contribution in [1.29, 1.82) is 5.26 Å². The highest BCUT2D eigenvalue weighted by Crippen LogP contribution is 2.28. The zero-order valence-corrected chi connectivity index (χ0v) is 7.49. The van der Waals surface area contributed by atoms with E-state index in [0.29, 0.717) is 5.02 Å². The van der Waals surface area contributed by atoms with Gasteiger partial charge in [0.05, 0.1) is 18.6 Å². The SMILES string of the molecule is N#CCC(O)c1cc(Cl)ccc1O. The van der Waals surface area contributed by atoms with E-state index in [1.165, 1.54) is 18.2 Å². The lowest BCUT2D eigenvalue weighted by atomic mass is 10.1. The fraction of sp³-hybridized carbons (Fsp3) is 0.222. The predicted molar refractivity (Wildman–Crippen MR) is 48.3 cm³/mol. The number of rotatable bonds is 2. The molecule has 2 N–H and O–H groups in total. The molecule has 13 heavy (non-hydrogen) atoms. The Morgan fingerprint density at radius 3 is 2.85 bits per heavy atom. The normalized spacial score (nSPS) is 12.1. The monoisotopic (exact) mass is 197 g/mol. The van der Waals surface area contributed by atoms with Gasteiger partial charge < -0.3 is 10.2 Å². The third-order valence-corrected chi connectivity index (χ3v) is 1.87. The molecule has 0 spiro atoms. The van der Waals surface area contributed by atoms with E-state index in [2.05, 4.69) is 0 Å². The second kappa shape index (κ2) is 4.13. The van der Waals surface area contributed by atoms with Crippen LogP contribution in [-0.4, -0.2) is 10.2 Å². The maximum absolute atomic E-state index is 9.38. The van der Waals surface area contributed by atoms with Crippen LogP contribution in [0.25, 0.3) is 0 Å². The number of nitrogens with zero attached hydrogens (tertiary/aromatic N) is 1. The minimum Gasteiger partial charge on any atom is -0.508 e. The minimum absolute atomic E-state index is 0.0489. The van der Waals surface area contributed by atoms with Crippen LogP contribution in [0.4, 0.5) is 0 Å². The van der Waals surface area contributed by atoms with Crippen molar-refractivity contribution < 1.29 is 10.2 Å². The van der Waals surface area contributed by atoms with E-state index in [4.69, 9.17) is 16.9 Å². The molecule has 3 nitrogen and oxygen atoms in total. The van der Waals surface area contributed by atoms with E-state index in [-0.39, 0.29) is 17.7 Å². The lowest BCUT2D eigenvalue weighted by molar-refractivity contribution is 0.179. The minimum atomic E-state index is -0.983. The van der Waals surface area contributed by atoms with Gasteiger partial charge in [0.2, 0.25) is 0 Å². The zero-order valence-electron chi connectivity index (χ0n) is 6.74. The summed E-state index contributed by atoms with van der Waals surface area (Å²) >= 11 is 5.66. The standard InChI is InChI=1S/C9H8ClNO2/c10-6-1-2-8(12)7(5-6)9(13)3-4-11/h1-2,5,9,12-13H,3H2. The third-order valence-electron chi connectivity index (χ3n) is 1.63. The van der Waals surface area contributed by atoms with Gasteiger partial charge in [-0.05, 0) is 18.2 Å². The summed E-state index contributed by atoms with van der Waals surface area (Å²) in [6, 6.07) is 6.15. The van der Waals surface area contributed by atoms with Crippen LogP contribution in [0, 0.1) is 11.3 Å². The maximum Gasteiger partial charge on any atom is 0.121 e. The number of benzene rings is 1. The first kappa shape index (κ1) is 9.85. The quantitative estimate of drug-likeness (QED) is 0.762. The molecule has 1 aromatic carbocycles. The smallest absolute Gasteiger partial charge is 0.121 e. The van der Waals surface area contributed by atoms with Gasteiger partial charge in [0.1, 0.15) is 5.75 Å². The van der Waals surface area contributed by atoms with E-state index in [1.807, 2.05) is 6.07 Å². The van der Waals surface area contributed by atoms with Crippen LogP contribution in [0.2, 0.25) is 5.02 Å². The summed E-state index contributed by atoms with van der Waals surface area (Å²) in [6.07, 6.45) is -1.04. The lowest BCUT2D eigenvalue weighted by Crippen LogP contribution is -1.96. The number of nitriles is 1. The molecule has 0 aromatic heterocycles. The van der Waals surface area contributed by atoms with E-state index < -0.39 is 6.10 Å². The first-order chi connectivity index (χ1) is 6.15. The van der Waals surface area contributed by atoms with Crippen molar-refractivity contribution in [3.63, 3.8) is 0 Å². The molecule has 0 saturated carbocycles. The highest BCUT2D eigenvalue weighted by Gasteiger charge is 2.11. The number of phenolic OH excluding ortho intramolecular Hbond substituents is 1. The number of aliphatic hydroxyl groups excluding tert-OH is 1. The first-order valence-electron chi connectivity index (χ1n) is 3.68. The molecular formula is C9H8ClNO2. The maximum atomic E-state index is 9.38. The fourth-order valence-corrected chi connectivity index (χ4v) is 1.17. The second-order valence-corrected chi connectivity index (χ2v) is 3.02. The summed E-state index contributed by atoms with van der Waals surface area (Å²) in [4.78, 5) is 0. The van der Waals surface area contributed by atoms with Crippen LogP contribution in [0.15, 0.2) is 18.2 Å². The van der Waals surface area contributed by atoms with Crippen molar-refractivity contribution in [3.8, 4) is 11.8 Å². The molecule has 4 heteroatoms. The molecule has 0 fully saturated rings. The fourth-order valence-electron chi connectivity index (χ4n) is 0.989. The molecule has 0 saturated heterocycles. The number of aliphatic hydroxyl groups is 1. The third kappa shape index (κ3) is 2.35. The first-order valence-corrected chi connectivity index (χ1v) is 4.06. The summed E-state index contributed by atoms with van der Waals surface area (Å²) in [7, 11) is 0. The number of halogens is 1. The van der Waals surface area contributed by atoms with Crippen LogP contribution in [0.1, 0.15) is 18.1 Å². The molecule has 0 amide bonds. The Bertz CT molecular complexity index is 346. The van der Waals surface area contributed by atoms with Crippen LogP contribution >= 0.6 is 11.6 Å². The average Bonchev–Trinajstić information content (AvgIpc) is 2.09. The molecule has 0 radical (unpaired) electrons. The second-order valence-electron chi connectivity index (χ2n) is 2.58. The van der Waals surface area contributed by atoms with Crippen LogP contribution in [-0.2, 0) is 0 Å². The van der Waals surface area contributed by atoms with Crippen LogP contribution in [0.5, 0.6) is 5.75 Å². The van der Waals surface area contributed by atoms with Crippen molar-refractivity contribution in [2.24, 2.45) is 0 Å². The number of hydrogen-bond acceptors (Lipinski definition) is 3. The Hall–Kier alpha value is -1.24. The van der Waals surface area contributed by atoms with Crippen molar-refractivity contribution in [1.82, 2.24) is 0 Å². The van der Waals surface area contributed by atoms with E-state index in [1.54, 1.807) is 0 Å². The topological polar surface area (TPSA) is 64.2 Å². The molecule has 0 aliphatic rings. The van der Waals surface area contributed by atoms with Crippen molar-refractivity contribution >= 4 is 11.6 Å². The number of aromatic hydroxyl groups is 1. The van der Waals surface area contributed by atoms with Gasteiger partial charge in [0.15, 0.2) is 0 Å². The highest BCUT2D eigenvalue weighted by molar-refractivity contribution is 6.30. The summed E-state index contributed by atoms with van der Waals surface area (Å²) in [5.41, 5.74) is 0.286. The average molecular weight is 198 g/mol. The Balaban J connectivity index is 3.00. The van der Waals surface area contributed by atoms with Gasteiger partial charge in [-0.2, -0.15) is 5.26 Å². The molecule has 1 atom stereocenters. The van der Waals surface area contributed by atoms with Gasteiger partial charge in [0.25, 0.3) is 0 Å². The van der Waals surface area contributed by atoms with Gasteiger partial charge in [-0.15, -0.1) is 0 Å². The summed E-state index contributed by atoms with van der Waals surface area (Å²) in [6.45, 7) is 0. The van der Waals surface area contributed by atoms with Crippen LogP contribution in [0.3, 0.4) is 0 Å². The van der Waals surface area contributed by atoms with E-state index >= 15 is 0 Å². The largest absolute Gasteiger partial charge is 0.508 e. The Labute approximate surface area is 80.8 Å². The molecule has 0 bridgehead atoms. The van der Waals surface area contributed by atoms with Crippen molar-refractivity contribution in [2.75, 3.05) is 0 Å². The Morgan fingerprint density at radius 2 is 2.23 bits per heavy atom. The summed E-state index contributed by atoms with van der Waals surface area (Å²) in [5, 5.41) is 27.4. The lowest BCUT2D eigenvalue weighted by Gasteiger charge is -2.08. The Kier molecular flexibility index (Phi) is 3.13. The van der Waals surface area contributed by atoms with E-state index in [0.717, 1.165) is 0 Å². The van der Waals surface area contributed by atoms with Gasteiger partial charge >= 0.3 is 0 Å². The highest BCUT2D eigenvalue weighted by atomic mass is 35.5. The molecule has 1 rings (SSSR count). The molecule has 0 aliphatic carbocycles. The molecule has 1 aromatic rings. The predicted octanol–water partition coefficient (Wildman–Crippen LogP) is 1.99. The Morgan fingerprint density at radius 1 is 1.54 bits per heavy atom.